The van der Waals surface area contributed by atoms with Crippen molar-refractivity contribution in [2.24, 2.45) is 10.7 Å². The van der Waals surface area contributed by atoms with E-state index in [1.165, 1.54) is 0 Å². The normalized spacial score (nSPS) is 22.5. The van der Waals surface area contributed by atoms with Crippen molar-refractivity contribution >= 4 is 39.3 Å². The van der Waals surface area contributed by atoms with Crippen LogP contribution in [-0.2, 0) is 4.79 Å². The van der Waals surface area contributed by atoms with Gasteiger partial charge in [0.2, 0.25) is 5.96 Å². The number of nitrogens with two attached hydrogens (primary N) is 1. The molecule has 0 aromatic carbocycles. The highest BCUT2D eigenvalue weighted by Gasteiger charge is 2.29. The quantitative estimate of drug-likeness (QED) is 0.506. The topological polar surface area (TPSA) is 112 Å². The van der Waals surface area contributed by atoms with Crippen LogP contribution in [0.1, 0.15) is 22.5 Å². The van der Waals surface area contributed by atoms with Crippen molar-refractivity contribution in [3.8, 4) is 0 Å². The van der Waals surface area contributed by atoms with Gasteiger partial charge in [-0.25, -0.2) is 0 Å². The molecule has 2 aliphatic rings. The van der Waals surface area contributed by atoms with Gasteiger partial charge in [0.25, 0.3) is 11.8 Å². The van der Waals surface area contributed by atoms with Crippen LogP contribution in [0.5, 0.6) is 0 Å². The Labute approximate surface area is 116 Å². The van der Waals surface area contributed by atoms with Gasteiger partial charge in [-0.2, -0.15) is 4.99 Å². The summed E-state index contributed by atoms with van der Waals surface area (Å²) in [6.45, 7) is 0.446. The zero-order valence-electron chi connectivity index (χ0n) is 9.71. The fraction of sp³-hybridized carbons (Fsp3) is 0.182. The number of nitrogens with zero attached hydrogens (tertiary/aromatic N) is 1. The van der Waals surface area contributed by atoms with Gasteiger partial charge >= 0.3 is 0 Å². The van der Waals surface area contributed by atoms with E-state index in [1.54, 1.807) is 6.20 Å². The van der Waals surface area contributed by atoms with E-state index in [2.05, 4.69) is 36.5 Å². The number of H-pyrrole nitrogens is 1. The van der Waals surface area contributed by atoms with Crippen LogP contribution in [-0.4, -0.2) is 29.3 Å². The number of hydrogen-bond donors (Lipinski definition) is 4. The minimum Gasteiger partial charge on any atom is -0.369 e. The van der Waals surface area contributed by atoms with Gasteiger partial charge in [0, 0.05) is 22.8 Å². The molecule has 0 aliphatic carbocycles. The van der Waals surface area contributed by atoms with Gasteiger partial charge in [-0.1, -0.05) is 0 Å². The number of guanidine groups is 1. The van der Waals surface area contributed by atoms with Crippen molar-refractivity contribution in [3.63, 3.8) is 0 Å². The van der Waals surface area contributed by atoms with Crippen LogP contribution < -0.4 is 16.4 Å². The summed E-state index contributed by atoms with van der Waals surface area (Å²) < 4.78 is 0.724. The molecule has 1 aromatic heterocycles. The molecule has 8 heteroatoms. The predicted molar refractivity (Wildman–Crippen MR) is 72.1 cm³/mol. The van der Waals surface area contributed by atoms with Crippen molar-refractivity contribution in [3.05, 3.63) is 27.6 Å². The number of aromatic nitrogens is 1. The first-order chi connectivity index (χ1) is 9.08. The number of hydrogen-bond acceptors (Lipinski definition) is 4. The van der Waals surface area contributed by atoms with Crippen LogP contribution in [0.4, 0.5) is 0 Å². The van der Waals surface area contributed by atoms with Gasteiger partial charge in [-0.15, -0.1) is 0 Å². The summed E-state index contributed by atoms with van der Waals surface area (Å²) in [7, 11) is 0. The molecule has 98 valence electrons. The fourth-order valence-corrected chi connectivity index (χ4v) is 2.77. The number of nitrogens with one attached hydrogen (secondary N) is 3. The van der Waals surface area contributed by atoms with E-state index in [-0.39, 0.29) is 11.9 Å². The molecule has 7 nitrogen and oxygen atoms in total. The maximum Gasteiger partial charge on any atom is 0.296 e. The maximum atomic E-state index is 11.9. The Morgan fingerprint density at radius 3 is 2.84 bits per heavy atom. The first kappa shape index (κ1) is 12.0. The Hall–Kier alpha value is -2.09. The Kier molecular flexibility index (Phi) is 2.67. The summed E-state index contributed by atoms with van der Waals surface area (Å²) in [5, 5.41) is 5.52. The number of halogens is 1. The van der Waals surface area contributed by atoms with Crippen LogP contribution in [0.25, 0.3) is 5.57 Å². The summed E-state index contributed by atoms with van der Waals surface area (Å²) in [5.74, 6) is -0.541. The molecule has 2 amide bonds. The van der Waals surface area contributed by atoms with Crippen LogP contribution in [0.2, 0.25) is 0 Å². The molecule has 3 heterocycles. The van der Waals surface area contributed by atoms with Gasteiger partial charge in [-0.05, 0) is 27.9 Å². The molecule has 3 rings (SSSR count). The average Bonchev–Trinajstić information content (AvgIpc) is 2.83. The van der Waals surface area contributed by atoms with Gasteiger partial charge in [0.05, 0.1) is 0 Å². The van der Waals surface area contributed by atoms with E-state index in [0.29, 0.717) is 29.9 Å². The summed E-state index contributed by atoms with van der Waals surface area (Å²) in [4.78, 5) is 30.2. The first-order valence-corrected chi connectivity index (χ1v) is 6.41. The molecule has 2 aliphatic heterocycles. The third kappa shape index (κ3) is 1.84. The molecule has 0 bridgehead atoms. The Morgan fingerprint density at radius 2 is 2.16 bits per heavy atom. The van der Waals surface area contributed by atoms with Crippen molar-refractivity contribution in [1.82, 2.24) is 15.6 Å². The first-order valence-electron chi connectivity index (χ1n) is 5.62. The van der Waals surface area contributed by atoms with Crippen LogP contribution >= 0.6 is 15.9 Å². The molecule has 0 radical (unpaired) electrons. The molecule has 0 fully saturated rings. The summed E-state index contributed by atoms with van der Waals surface area (Å²) in [5.41, 5.74) is 7.65. The lowest BCUT2D eigenvalue weighted by molar-refractivity contribution is -0.114. The molecular formula is C11H10BrN5O2. The molecule has 0 spiro atoms. The fourth-order valence-electron chi connectivity index (χ4n) is 2.22. The van der Waals surface area contributed by atoms with Crippen molar-refractivity contribution in [1.29, 1.82) is 0 Å². The van der Waals surface area contributed by atoms with Crippen molar-refractivity contribution in [2.45, 2.75) is 6.42 Å². The van der Waals surface area contributed by atoms with Crippen LogP contribution in [0.3, 0.4) is 0 Å². The lowest BCUT2D eigenvalue weighted by atomic mass is 10.0. The number of aliphatic imine (C=N–C) groups is 1. The van der Waals surface area contributed by atoms with E-state index in [0.717, 1.165) is 10.0 Å². The predicted octanol–water partition coefficient (Wildman–Crippen LogP) is 0.0663. The number of rotatable bonds is 0. The third-order valence-electron chi connectivity index (χ3n) is 3.01. The zero-order chi connectivity index (χ0) is 13.6. The van der Waals surface area contributed by atoms with Gasteiger partial charge in [0.15, 0.2) is 0 Å². The van der Waals surface area contributed by atoms with E-state index in [4.69, 9.17) is 5.73 Å². The molecule has 0 atom stereocenters. The second-order valence-corrected chi connectivity index (χ2v) is 5.03. The van der Waals surface area contributed by atoms with E-state index in [9.17, 15) is 9.59 Å². The number of carbonyl (C=O) groups excluding carboxylic acids is 2. The van der Waals surface area contributed by atoms with E-state index in [1.807, 2.05) is 0 Å². The molecule has 0 saturated carbocycles. The number of carbonyl (C=O) groups is 2. The minimum atomic E-state index is -0.416. The van der Waals surface area contributed by atoms with Crippen molar-refractivity contribution in [2.75, 3.05) is 6.54 Å². The molecule has 5 N–H and O–H groups in total. The molecule has 0 saturated heterocycles. The average molecular weight is 324 g/mol. The van der Waals surface area contributed by atoms with Gasteiger partial charge in [-0.3, -0.25) is 9.59 Å². The lowest BCUT2D eigenvalue weighted by Crippen LogP contribution is -2.26. The van der Waals surface area contributed by atoms with E-state index >= 15 is 0 Å². The van der Waals surface area contributed by atoms with E-state index < -0.39 is 5.91 Å². The summed E-state index contributed by atoms with van der Waals surface area (Å²) >= 11 is 3.38. The highest BCUT2D eigenvalue weighted by molar-refractivity contribution is 9.10. The van der Waals surface area contributed by atoms with Crippen molar-refractivity contribution < 1.29 is 9.59 Å². The lowest BCUT2D eigenvalue weighted by Gasteiger charge is -2.08. The number of amides is 2. The number of fused-ring (bicyclic) bond motifs is 1. The monoisotopic (exact) mass is 323 g/mol. The van der Waals surface area contributed by atoms with Gasteiger partial charge < -0.3 is 21.4 Å². The highest BCUT2D eigenvalue weighted by Crippen LogP contribution is 2.33. The molecule has 0 unspecified atom stereocenters. The zero-order valence-corrected chi connectivity index (χ0v) is 11.3. The molecule has 19 heavy (non-hydrogen) atoms. The summed E-state index contributed by atoms with van der Waals surface area (Å²) in [6, 6.07) is 0. The summed E-state index contributed by atoms with van der Waals surface area (Å²) in [6.07, 6.45) is 2.19. The smallest absolute Gasteiger partial charge is 0.296 e. The standard InChI is InChI=1S/C11H10BrN5O2/c12-5-3-15-8-6(5)4(1-2-14-9(8)18)7-10(19)17-11(13)16-7/h3,15H,1-2H2,(H,14,18)(H3,13,16,17,19)/b7-4+. The number of aromatic amines is 1. The second-order valence-electron chi connectivity index (χ2n) is 4.17. The van der Waals surface area contributed by atoms with Gasteiger partial charge in [0.1, 0.15) is 11.4 Å². The second kappa shape index (κ2) is 4.23. The van der Waals surface area contributed by atoms with Crippen LogP contribution in [0, 0.1) is 0 Å². The third-order valence-corrected chi connectivity index (χ3v) is 3.64. The Balaban J connectivity index is 2.20. The maximum absolute atomic E-state index is 11.9. The largest absolute Gasteiger partial charge is 0.369 e. The Bertz CT molecular complexity index is 658. The SMILES string of the molecule is NC1=NC(=O)/C(=C2/CCNC(=O)c3[nH]cc(Br)c32)N1. The highest BCUT2D eigenvalue weighted by atomic mass is 79.9. The Morgan fingerprint density at radius 1 is 1.37 bits per heavy atom. The molecular weight excluding hydrogens is 314 g/mol. The minimum absolute atomic E-state index is 0.0734. The van der Waals surface area contributed by atoms with Crippen LogP contribution in [0.15, 0.2) is 21.4 Å². The molecule has 1 aromatic rings.